The van der Waals surface area contributed by atoms with E-state index in [1.54, 1.807) is 0 Å². The molecule has 2 aliphatic rings. The van der Waals surface area contributed by atoms with Crippen molar-refractivity contribution in [2.45, 2.75) is 48.7 Å². The first kappa shape index (κ1) is 17.3. The number of carbonyl (C=O) groups excluding carboxylic acids is 1. The highest BCUT2D eigenvalue weighted by molar-refractivity contribution is 8.00. The molecule has 0 atom stereocenters. The number of carbonyl (C=O) groups is 1. The largest absolute Gasteiger partial charge is 0.454 e. The first-order valence-corrected chi connectivity index (χ1v) is 10.1. The van der Waals surface area contributed by atoms with Crippen molar-refractivity contribution in [3.8, 4) is 11.5 Å². The zero-order chi connectivity index (χ0) is 17.8. The monoisotopic (exact) mass is 369 g/mol. The number of hydrogen-bond acceptors (Lipinski definition) is 4. The van der Waals surface area contributed by atoms with E-state index in [0.29, 0.717) is 12.8 Å². The normalized spacial score (nSPS) is 16.0. The van der Waals surface area contributed by atoms with Crippen molar-refractivity contribution in [3.63, 3.8) is 0 Å². The number of amides is 1. The van der Waals surface area contributed by atoms with Gasteiger partial charge in [0.15, 0.2) is 11.5 Å². The lowest BCUT2D eigenvalue weighted by Crippen LogP contribution is -2.12. The van der Waals surface area contributed by atoms with Gasteiger partial charge < -0.3 is 14.8 Å². The maximum atomic E-state index is 12.2. The Labute approximate surface area is 158 Å². The van der Waals surface area contributed by atoms with Crippen LogP contribution in [0.4, 0.5) is 5.69 Å². The van der Waals surface area contributed by atoms with Gasteiger partial charge in [-0.1, -0.05) is 18.9 Å². The Morgan fingerprint density at radius 1 is 1.04 bits per heavy atom. The van der Waals surface area contributed by atoms with Crippen LogP contribution >= 0.6 is 11.8 Å². The summed E-state index contributed by atoms with van der Waals surface area (Å²) in [5.41, 5.74) is 1.93. The summed E-state index contributed by atoms with van der Waals surface area (Å²) in [6.45, 7) is 0.272. The lowest BCUT2D eigenvalue weighted by atomic mass is 10.1. The number of aryl methyl sites for hydroxylation is 1. The van der Waals surface area contributed by atoms with E-state index in [-0.39, 0.29) is 12.7 Å². The zero-order valence-corrected chi connectivity index (χ0v) is 15.5. The molecule has 1 fully saturated rings. The Kier molecular flexibility index (Phi) is 5.34. The fourth-order valence-corrected chi connectivity index (χ4v) is 4.64. The fourth-order valence-electron chi connectivity index (χ4n) is 3.39. The Balaban J connectivity index is 1.26. The van der Waals surface area contributed by atoms with Crippen LogP contribution in [0.5, 0.6) is 11.5 Å². The molecule has 5 heteroatoms. The molecule has 26 heavy (non-hydrogen) atoms. The third kappa shape index (κ3) is 4.33. The maximum Gasteiger partial charge on any atom is 0.231 e. The zero-order valence-electron chi connectivity index (χ0n) is 14.7. The molecule has 0 unspecified atom stereocenters. The highest BCUT2D eigenvalue weighted by Gasteiger charge is 2.16. The van der Waals surface area contributed by atoms with E-state index in [9.17, 15) is 4.79 Å². The quantitative estimate of drug-likeness (QED) is 0.776. The Morgan fingerprint density at radius 2 is 1.81 bits per heavy atom. The molecular weight excluding hydrogens is 346 g/mol. The van der Waals surface area contributed by atoms with Gasteiger partial charge in [0, 0.05) is 22.3 Å². The summed E-state index contributed by atoms with van der Waals surface area (Å²) in [6.07, 6.45) is 6.48. The van der Waals surface area contributed by atoms with Crippen LogP contribution in [-0.4, -0.2) is 18.0 Å². The van der Waals surface area contributed by atoms with Crippen LogP contribution in [0, 0.1) is 0 Å². The average molecular weight is 369 g/mol. The molecule has 1 amide bonds. The van der Waals surface area contributed by atoms with Gasteiger partial charge in [0.1, 0.15) is 0 Å². The third-order valence-electron chi connectivity index (χ3n) is 4.82. The van der Waals surface area contributed by atoms with Gasteiger partial charge in [-0.25, -0.2) is 0 Å². The first-order valence-electron chi connectivity index (χ1n) is 9.21. The summed E-state index contributed by atoms with van der Waals surface area (Å²) in [4.78, 5) is 13.5. The minimum Gasteiger partial charge on any atom is -0.454 e. The number of ether oxygens (including phenoxy) is 2. The Morgan fingerprint density at radius 3 is 2.62 bits per heavy atom. The molecule has 0 spiro atoms. The number of thioether (sulfide) groups is 1. The third-order valence-corrected chi connectivity index (χ3v) is 6.17. The number of anilines is 1. The molecule has 2 aromatic carbocycles. The van der Waals surface area contributed by atoms with Crippen LogP contribution in [0.25, 0.3) is 0 Å². The van der Waals surface area contributed by atoms with Gasteiger partial charge in [-0.2, -0.15) is 0 Å². The molecule has 1 aliphatic heterocycles. The van der Waals surface area contributed by atoms with Gasteiger partial charge in [-0.3, -0.25) is 4.79 Å². The molecule has 1 saturated carbocycles. The number of rotatable bonds is 6. The van der Waals surface area contributed by atoms with Crippen molar-refractivity contribution < 1.29 is 14.3 Å². The predicted octanol–water partition coefficient (Wildman–Crippen LogP) is 5.02. The van der Waals surface area contributed by atoms with E-state index in [1.165, 1.54) is 30.6 Å². The number of nitrogens with one attached hydrogen (secondary N) is 1. The van der Waals surface area contributed by atoms with E-state index in [4.69, 9.17) is 9.47 Å². The maximum absolute atomic E-state index is 12.2. The first-order chi connectivity index (χ1) is 12.8. The van der Waals surface area contributed by atoms with Crippen molar-refractivity contribution in [3.05, 3.63) is 48.0 Å². The SMILES string of the molecule is O=C(CCc1ccc2c(c1)OCO2)Nc1ccc(SC2CCCC2)cc1. The molecular formula is C21H23NO3S. The molecule has 0 aromatic heterocycles. The average Bonchev–Trinajstić information content (AvgIpc) is 3.33. The summed E-state index contributed by atoms with van der Waals surface area (Å²) in [5, 5.41) is 3.74. The van der Waals surface area contributed by atoms with Crippen molar-refractivity contribution in [1.82, 2.24) is 0 Å². The second-order valence-corrected chi connectivity index (χ2v) is 8.16. The number of fused-ring (bicyclic) bond motifs is 1. The van der Waals surface area contributed by atoms with E-state index < -0.39 is 0 Å². The molecule has 1 N–H and O–H groups in total. The number of benzene rings is 2. The molecule has 1 aliphatic carbocycles. The number of hydrogen-bond donors (Lipinski definition) is 1. The van der Waals surface area contributed by atoms with Crippen molar-refractivity contribution in [2.24, 2.45) is 0 Å². The molecule has 4 nitrogen and oxygen atoms in total. The van der Waals surface area contributed by atoms with Crippen molar-refractivity contribution >= 4 is 23.4 Å². The van der Waals surface area contributed by atoms with Gasteiger partial charge in [0.25, 0.3) is 0 Å². The van der Waals surface area contributed by atoms with Crippen LogP contribution < -0.4 is 14.8 Å². The standard InChI is InChI=1S/C21H23NO3S/c23-21(12-6-15-5-11-19-20(13-15)25-14-24-19)22-16-7-9-18(10-8-16)26-17-3-1-2-4-17/h5,7-11,13,17H,1-4,6,12,14H2,(H,22,23). The molecule has 0 radical (unpaired) electrons. The van der Waals surface area contributed by atoms with E-state index in [0.717, 1.165) is 28.0 Å². The lowest BCUT2D eigenvalue weighted by Gasteiger charge is -2.10. The van der Waals surface area contributed by atoms with Gasteiger partial charge >= 0.3 is 0 Å². The summed E-state index contributed by atoms with van der Waals surface area (Å²) in [5.74, 6) is 1.56. The highest BCUT2D eigenvalue weighted by Crippen LogP contribution is 2.35. The lowest BCUT2D eigenvalue weighted by molar-refractivity contribution is -0.116. The Bertz CT molecular complexity index is 769. The van der Waals surface area contributed by atoms with Crippen molar-refractivity contribution in [2.75, 3.05) is 12.1 Å². The molecule has 4 rings (SSSR count). The summed E-state index contributed by atoms with van der Waals surface area (Å²) in [6, 6.07) is 14.0. The second kappa shape index (κ2) is 8.04. The van der Waals surface area contributed by atoms with Crippen LogP contribution in [0.15, 0.2) is 47.4 Å². The van der Waals surface area contributed by atoms with Crippen LogP contribution in [0.1, 0.15) is 37.7 Å². The summed E-state index contributed by atoms with van der Waals surface area (Å²) in [7, 11) is 0. The smallest absolute Gasteiger partial charge is 0.231 e. The second-order valence-electron chi connectivity index (χ2n) is 6.78. The van der Waals surface area contributed by atoms with Gasteiger partial charge in [0.05, 0.1) is 0 Å². The van der Waals surface area contributed by atoms with Gasteiger partial charge in [-0.15, -0.1) is 11.8 Å². The van der Waals surface area contributed by atoms with E-state index in [1.807, 2.05) is 42.1 Å². The molecule has 1 heterocycles. The molecule has 0 saturated heterocycles. The summed E-state index contributed by atoms with van der Waals surface area (Å²) < 4.78 is 10.7. The highest BCUT2D eigenvalue weighted by atomic mass is 32.2. The fraction of sp³-hybridized carbons (Fsp3) is 0.381. The molecule has 136 valence electrons. The summed E-state index contributed by atoms with van der Waals surface area (Å²) >= 11 is 1.96. The minimum atomic E-state index is 0.0267. The Hall–Kier alpha value is -2.14. The topological polar surface area (TPSA) is 47.6 Å². The van der Waals surface area contributed by atoms with Crippen LogP contribution in [-0.2, 0) is 11.2 Å². The van der Waals surface area contributed by atoms with Crippen LogP contribution in [0.3, 0.4) is 0 Å². The van der Waals surface area contributed by atoms with Gasteiger partial charge in [-0.05, 0) is 61.2 Å². The van der Waals surface area contributed by atoms with E-state index >= 15 is 0 Å². The minimum absolute atomic E-state index is 0.0267. The van der Waals surface area contributed by atoms with Gasteiger partial charge in [0.2, 0.25) is 12.7 Å². The van der Waals surface area contributed by atoms with Crippen LogP contribution in [0.2, 0.25) is 0 Å². The van der Waals surface area contributed by atoms with Crippen molar-refractivity contribution in [1.29, 1.82) is 0 Å². The van der Waals surface area contributed by atoms with E-state index in [2.05, 4.69) is 17.4 Å². The molecule has 0 bridgehead atoms. The molecule has 2 aromatic rings. The predicted molar refractivity (Wildman–Crippen MR) is 104 cm³/mol.